The molecule has 1 N–H and O–H groups in total. The van der Waals surface area contributed by atoms with Crippen LogP contribution in [0.5, 0.6) is 0 Å². The van der Waals surface area contributed by atoms with E-state index in [0.717, 1.165) is 19.4 Å². The average molecular weight is 275 g/mol. The van der Waals surface area contributed by atoms with E-state index in [1.165, 1.54) is 4.31 Å². The lowest BCUT2D eigenvalue weighted by atomic mass is 10.2. The highest BCUT2D eigenvalue weighted by molar-refractivity contribution is 7.89. The first-order valence-corrected chi connectivity index (χ1v) is 8.15. The van der Waals surface area contributed by atoms with E-state index in [2.05, 4.69) is 5.32 Å². The van der Waals surface area contributed by atoms with E-state index in [1.807, 2.05) is 0 Å². The number of rotatable bonds is 3. The van der Waals surface area contributed by atoms with Gasteiger partial charge in [0.1, 0.15) is 0 Å². The number of hydrogen-bond donors (Lipinski definition) is 1. The van der Waals surface area contributed by atoms with Crippen LogP contribution in [-0.2, 0) is 14.8 Å². The van der Waals surface area contributed by atoms with Gasteiger partial charge in [0.05, 0.1) is 11.8 Å². The van der Waals surface area contributed by atoms with E-state index >= 15 is 0 Å². The Morgan fingerprint density at radius 2 is 1.94 bits per heavy atom. The van der Waals surface area contributed by atoms with Crippen LogP contribution in [0, 0.1) is 0 Å². The first-order chi connectivity index (χ1) is 8.54. The molecule has 6 nitrogen and oxygen atoms in total. The van der Waals surface area contributed by atoms with Gasteiger partial charge in [0.25, 0.3) is 0 Å². The Morgan fingerprint density at radius 3 is 2.44 bits per heavy atom. The molecule has 2 heterocycles. The molecule has 1 amide bonds. The van der Waals surface area contributed by atoms with Gasteiger partial charge in [0, 0.05) is 26.2 Å². The Labute approximate surface area is 108 Å². The van der Waals surface area contributed by atoms with Crippen LogP contribution < -0.4 is 5.32 Å². The SMILES string of the molecule is CCS(=O)(=O)N1CCN(C(=O)C2CCCN2)CC1. The Bertz CT molecular complexity index is 396. The number of sulfonamides is 1. The predicted molar refractivity (Wildman–Crippen MR) is 68.6 cm³/mol. The molecule has 2 rings (SSSR count). The molecule has 0 aromatic heterocycles. The van der Waals surface area contributed by atoms with Crippen LogP contribution in [0.3, 0.4) is 0 Å². The zero-order valence-electron chi connectivity index (χ0n) is 10.8. The van der Waals surface area contributed by atoms with Crippen molar-refractivity contribution in [1.29, 1.82) is 0 Å². The third-order valence-electron chi connectivity index (χ3n) is 3.67. The van der Waals surface area contributed by atoms with Gasteiger partial charge in [-0.25, -0.2) is 8.42 Å². The van der Waals surface area contributed by atoms with Gasteiger partial charge >= 0.3 is 0 Å². The topological polar surface area (TPSA) is 69.7 Å². The van der Waals surface area contributed by atoms with Gasteiger partial charge in [-0.2, -0.15) is 4.31 Å². The number of carbonyl (C=O) groups excluding carboxylic acids is 1. The van der Waals surface area contributed by atoms with Gasteiger partial charge in [-0.05, 0) is 26.3 Å². The number of nitrogens with one attached hydrogen (secondary N) is 1. The second-order valence-corrected chi connectivity index (χ2v) is 7.03. The molecule has 18 heavy (non-hydrogen) atoms. The van der Waals surface area contributed by atoms with E-state index < -0.39 is 10.0 Å². The Balaban J connectivity index is 1.88. The van der Waals surface area contributed by atoms with Crippen molar-refractivity contribution >= 4 is 15.9 Å². The molecular weight excluding hydrogens is 254 g/mol. The van der Waals surface area contributed by atoms with Crippen molar-refractivity contribution in [1.82, 2.24) is 14.5 Å². The van der Waals surface area contributed by atoms with Crippen molar-refractivity contribution in [3.8, 4) is 0 Å². The molecular formula is C11H21N3O3S. The second-order valence-electron chi connectivity index (χ2n) is 4.77. The molecule has 0 bridgehead atoms. The van der Waals surface area contributed by atoms with Crippen molar-refractivity contribution in [3.05, 3.63) is 0 Å². The van der Waals surface area contributed by atoms with Gasteiger partial charge in [-0.1, -0.05) is 0 Å². The summed E-state index contributed by atoms with van der Waals surface area (Å²) in [5.41, 5.74) is 0. The fourth-order valence-electron chi connectivity index (χ4n) is 2.48. The number of carbonyl (C=O) groups is 1. The zero-order chi connectivity index (χ0) is 13.2. The minimum Gasteiger partial charge on any atom is -0.339 e. The molecule has 0 aromatic carbocycles. The molecule has 2 aliphatic rings. The Kier molecular flexibility index (Phi) is 4.24. The second kappa shape index (κ2) is 5.54. The van der Waals surface area contributed by atoms with Crippen molar-refractivity contribution in [2.45, 2.75) is 25.8 Å². The van der Waals surface area contributed by atoms with E-state index in [9.17, 15) is 13.2 Å². The minimum absolute atomic E-state index is 0.0562. The molecule has 0 radical (unpaired) electrons. The largest absolute Gasteiger partial charge is 0.339 e. The number of amides is 1. The maximum Gasteiger partial charge on any atom is 0.239 e. The smallest absolute Gasteiger partial charge is 0.239 e. The van der Waals surface area contributed by atoms with Gasteiger partial charge in [0.2, 0.25) is 15.9 Å². The third kappa shape index (κ3) is 2.84. The fourth-order valence-corrected chi connectivity index (χ4v) is 3.57. The number of hydrogen-bond acceptors (Lipinski definition) is 4. The minimum atomic E-state index is -3.11. The standard InChI is InChI=1S/C11H21N3O3S/c1-2-18(16,17)14-8-6-13(7-9-14)11(15)10-4-3-5-12-10/h10,12H,2-9H2,1H3. The fraction of sp³-hybridized carbons (Fsp3) is 0.909. The van der Waals surface area contributed by atoms with Crippen LogP contribution in [0.25, 0.3) is 0 Å². The monoisotopic (exact) mass is 275 g/mol. The Hall–Kier alpha value is -0.660. The first-order valence-electron chi connectivity index (χ1n) is 6.54. The summed E-state index contributed by atoms with van der Waals surface area (Å²) in [6.07, 6.45) is 1.94. The van der Waals surface area contributed by atoms with Gasteiger partial charge < -0.3 is 10.2 Å². The van der Waals surface area contributed by atoms with E-state index in [1.54, 1.807) is 11.8 Å². The summed E-state index contributed by atoms with van der Waals surface area (Å²) in [4.78, 5) is 13.9. The average Bonchev–Trinajstić information content (AvgIpc) is 2.92. The van der Waals surface area contributed by atoms with Crippen LogP contribution in [0.2, 0.25) is 0 Å². The van der Waals surface area contributed by atoms with Crippen LogP contribution in [0.1, 0.15) is 19.8 Å². The molecule has 104 valence electrons. The maximum atomic E-state index is 12.1. The molecule has 1 unspecified atom stereocenters. The summed E-state index contributed by atoms with van der Waals surface area (Å²) in [5.74, 6) is 0.256. The summed E-state index contributed by atoms with van der Waals surface area (Å²) in [5, 5.41) is 3.18. The van der Waals surface area contributed by atoms with E-state index in [4.69, 9.17) is 0 Å². The summed E-state index contributed by atoms with van der Waals surface area (Å²) in [7, 11) is -3.11. The lowest BCUT2D eigenvalue weighted by Gasteiger charge is -2.35. The van der Waals surface area contributed by atoms with Crippen molar-refractivity contribution in [3.63, 3.8) is 0 Å². The Morgan fingerprint density at radius 1 is 1.28 bits per heavy atom. The summed E-state index contributed by atoms with van der Waals surface area (Å²) in [6.45, 7) is 4.42. The highest BCUT2D eigenvalue weighted by Gasteiger charge is 2.31. The number of piperazine rings is 1. The van der Waals surface area contributed by atoms with Crippen LogP contribution >= 0.6 is 0 Å². The lowest BCUT2D eigenvalue weighted by molar-refractivity contribution is -0.134. The van der Waals surface area contributed by atoms with Crippen molar-refractivity contribution in [2.24, 2.45) is 0 Å². The number of nitrogens with zero attached hydrogens (tertiary/aromatic N) is 2. The van der Waals surface area contributed by atoms with Crippen molar-refractivity contribution in [2.75, 3.05) is 38.5 Å². The van der Waals surface area contributed by atoms with E-state index in [-0.39, 0.29) is 17.7 Å². The first kappa shape index (κ1) is 13.8. The molecule has 2 aliphatic heterocycles. The predicted octanol–water partition coefficient (Wildman–Crippen LogP) is -0.768. The van der Waals surface area contributed by atoms with E-state index in [0.29, 0.717) is 26.2 Å². The molecule has 7 heteroatoms. The lowest BCUT2D eigenvalue weighted by Crippen LogP contribution is -2.54. The summed E-state index contributed by atoms with van der Waals surface area (Å²) in [6, 6.07) is -0.0562. The maximum absolute atomic E-state index is 12.1. The molecule has 0 spiro atoms. The van der Waals surface area contributed by atoms with Crippen molar-refractivity contribution < 1.29 is 13.2 Å². The van der Waals surface area contributed by atoms with Crippen LogP contribution in [0.15, 0.2) is 0 Å². The highest BCUT2D eigenvalue weighted by Crippen LogP contribution is 2.12. The molecule has 0 aliphatic carbocycles. The molecule has 1 atom stereocenters. The summed E-state index contributed by atoms with van der Waals surface area (Å²) < 4.78 is 24.9. The molecule has 2 fully saturated rings. The third-order valence-corrected chi connectivity index (χ3v) is 5.55. The van der Waals surface area contributed by atoms with Crippen LogP contribution in [0.4, 0.5) is 0 Å². The van der Waals surface area contributed by atoms with Gasteiger partial charge in [0.15, 0.2) is 0 Å². The molecule has 0 aromatic rings. The molecule has 2 saturated heterocycles. The zero-order valence-corrected chi connectivity index (χ0v) is 11.6. The molecule has 0 saturated carbocycles. The highest BCUT2D eigenvalue weighted by atomic mass is 32.2. The summed E-state index contributed by atoms with van der Waals surface area (Å²) >= 11 is 0. The van der Waals surface area contributed by atoms with Gasteiger partial charge in [-0.15, -0.1) is 0 Å². The quantitative estimate of drug-likeness (QED) is 0.734. The van der Waals surface area contributed by atoms with Gasteiger partial charge in [-0.3, -0.25) is 4.79 Å². The normalized spacial score (nSPS) is 26.5. The van der Waals surface area contributed by atoms with Crippen LogP contribution in [-0.4, -0.2) is 68.0 Å².